The highest BCUT2D eigenvalue weighted by Gasteiger charge is 2.34. The van der Waals surface area contributed by atoms with Crippen LogP contribution in [-0.4, -0.2) is 5.71 Å². The second-order valence-corrected chi connectivity index (χ2v) is 11.9. The SMILES string of the molecule is Cc1cccc(-c2ccc(CC3=Nc4ccccc4C3)cc2)c1-c1ccccc1C(C)(c1ccccc1)c1ccc(F)cc1. The van der Waals surface area contributed by atoms with Crippen molar-refractivity contribution in [3.63, 3.8) is 0 Å². The van der Waals surface area contributed by atoms with Gasteiger partial charge in [-0.2, -0.15) is 0 Å². The molecule has 0 fully saturated rings. The molecule has 1 unspecified atom stereocenters. The zero-order chi connectivity index (χ0) is 30.1. The first-order chi connectivity index (χ1) is 21.5. The van der Waals surface area contributed by atoms with Crippen LogP contribution in [0.4, 0.5) is 10.1 Å². The van der Waals surface area contributed by atoms with Crippen molar-refractivity contribution in [2.75, 3.05) is 0 Å². The van der Waals surface area contributed by atoms with Gasteiger partial charge in [-0.15, -0.1) is 0 Å². The van der Waals surface area contributed by atoms with Crippen LogP contribution in [0.2, 0.25) is 0 Å². The molecular formula is C42H34FN. The van der Waals surface area contributed by atoms with E-state index in [9.17, 15) is 4.39 Å². The lowest BCUT2D eigenvalue weighted by Crippen LogP contribution is -2.26. The summed E-state index contributed by atoms with van der Waals surface area (Å²) in [5, 5.41) is 0. The van der Waals surface area contributed by atoms with Gasteiger partial charge in [0, 0.05) is 24.0 Å². The molecule has 0 saturated carbocycles. The molecule has 1 aliphatic rings. The molecule has 1 nitrogen and oxygen atoms in total. The lowest BCUT2D eigenvalue weighted by Gasteiger charge is -2.34. The maximum atomic E-state index is 14.1. The highest BCUT2D eigenvalue weighted by atomic mass is 19.1. The zero-order valence-corrected chi connectivity index (χ0v) is 25.1. The van der Waals surface area contributed by atoms with Crippen LogP contribution in [0.25, 0.3) is 22.3 Å². The van der Waals surface area contributed by atoms with E-state index in [-0.39, 0.29) is 5.82 Å². The van der Waals surface area contributed by atoms with Gasteiger partial charge in [0.1, 0.15) is 5.82 Å². The Bertz CT molecular complexity index is 1970. The summed E-state index contributed by atoms with van der Waals surface area (Å²) in [6, 6.07) is 50.2. The van der Waals surface area contributed by atoms with Gasteiger partial charge in [-0.1, -0.05) is 127 Å². The highest BCUT2D eigenvalue weighted by Crippen LogP contribution is 2.46. The Morgan fingerprint density at radius 1 is 0.636 bits per heavy atom. The topological polar surface area (TPSA) is 12.4 Å². The van der Waals surface area contributed by atoms with Crippen molar-refractivity contribution in [3.05, 3.63) is 185 Å². The molecule has 0 spiro atoms. The van der Waals surface area contributed by atoms with Crippen LogP contribution in [0, 0.1) is 12.7 Å². The molecule has 214 valence electrons. The quantitative estimate of drug-likeness (QED) is 0.169. The van der Waals surface area contributed by atoms with E-state index in [1.165, 1.54) is 50.2 Å². The van der Waals surface area contributed by atoms with E-state index >= 15 is 0 Å². The number of benzene rings is 6. The molecule has 7 rings (SSSR count). The van der Waals surface area contributed by atoms with Gasteiger partial charge < -0.3 is 0 Å². The van der Waals surface area contributed by atoms with Crippen LogP contribution in [0.1, 0.15) is 40.3 Å². The van der Waals surface area contributed by atoms with Crippen LogP contribution < -0.4 is 0 Å². The lowest BCUT2D eigenvalue weighted by atomic mass is 9.68. The average Bonchev–Trinajstić information content (AvgIpc) is 3.48. The molecule has 1 atom stereocenters. The fraction of sp³-hybridized carbons (Fsp3) is 0.119. The molecule has 1 aliphatic heterocycles. The number of fused-ring (bicyclic) bond motifs is 1. The van der Waals surface area contributed by atoms with E-state index in [1.807, 2.05) is 18.2 Å². The van der Waals surface area contributed by atoms with Crippen molar-refractivity contribution in [1.29, 1.82) is 0 Å². The van der Waals surface area contributed by atoms with Crippen molar-refractivity contribution < 1.29 is 4.39 Å². The van der Waals surface area contributed by atoms with Crippen molar-refractivity contribution in [1.82, 2.24) is 0 Å². The van der Waals surface area contributed by atoms with E-state index in [2.05, 4.69) is 129 Å². The molecule has 0 N–H and O–H groups in total. The molecule has 0 aromatic heterocycles. The largest absolute Gasteiger partial charge is 0.257 e. The predicted octanol–water partition coefficient (Wildman–Crippen LogP) is 10.7. The van der Waals surface area contributed by atoms with Gasteiger partial charge in [0.05, 0.1) is 5.69 Å². The minimum atomic E-state index is -0.505. The first-order valence-corrected chi connectivity index (χ1v) is 15.3. The first kappa shape index (κ1) is 27.7. The molecule has 0 amide bonds. The molecule has 2 heteroatoms. The number of aryl methyl sites for hydroxylation is 1. The molecule has 0 aliphatic carbocycles. The number of rotatable bonds is 7. The van der Waals surface area contributed by atoms with E-state index in [4.69, 9.17) is 4.99 Å². The summed E-state index contributed by atoms with van der Waals surface area (Å²) >= 11 is 0. The molecule has 0 bridgehead atoms. The van der Waals surface area contributed by atoms with Gasteiger partial charge in [-0.05, 0) is 87.7 Å². The number of aliphatic imine (C=N–C) groups is 1. The van der Waals surface area contributed by atoms with Crippen LogP contribution in [0.3, 0.4) is 0 Å². The highest BCUT2D eigenvalue weighted by molar-refractivity contribution is 5.95. The predicted molar refractivity (Wildman–Crippen MR) is 181 cm³/mol. The number of hydrogen-bond acceptors (Lipinski definition) is 1. The maximum absolute atomic E-state index is 14.1. The zero-order valence-electron chi connectivity index (χ0n) is 25.1. The minimum Gasteiger partial charge on any atom is -0.257 e. The first-order valence-electron chi connectivity index (χ1n) is 15.3. The van der Waals surface area contributed by atoms with Gasteiger partial charge in [-0.3, -0.25) is 4.99 Å². The normalized spacial score (nSPS) is 13.7. The smallest absolute Gasteiger partial charge is 0.123 e. The fourth-order valence-corrected chi connectivity index (χ4v) is 6.77. The third-order valence-electron chi connectivity index (χ3n) is 9.12. The van der Waals surface area contributed by atoms with Crippen molar-refractivity contribution in [2.24, 2.45) is 4.99 Å². The third-order valence-corrected chi connectivity index (χ3v) is 9.12. The molecule has 0 saturated heterocycles. The van der Waals surface area contributed by atoms with Gasteiger partial charge >= 0.3 is 0 Å². The maximum Gasteiger partial charge on any atom is 0.123 e. The summed E-state index contributed by atoms with van der Waals surface area (Å²) in [6.45, 7) is 4.45. The van der Waals surface area contributed by atoms with E-state index in [0.717, 1.165) is 29.7 Å². The van der Waals surface area contributed by atoms with Crippen LogP contribution in [0.5, 0.6) is 0 Å². The van der Waals surface area contributed by atoms with E-state index < -0.39 is 5.41 Å². The fourth-order valence-electron chi connectivity index (χ4n) is 6.77. The molecular weight excluding hydrogens is 537 g/mol. The number of hydrogen-bond donors (Lipinski definition) is 0. The minimum absolute atomic E-state index is 0.230. The van der Waals surface area contributed by atoms with E-state index in [1.54, 1.807) is 12.1 Å². The number of nitrogens with zero attached hydrogens (tertiary/aromatic N) is 1. The molecule has 6 aromatic rings. The second-order valence-electron chi connectivity index (χ2n) is 11.9. The summed E-state index contributed by atoms with van der Waals surface area (Å²) in [7, 11) is 0. The Kier molecular flexibility index (Phi) is 7.28. The second kappa shape index (κ2) is 11.5. The Morgan fingerprint density at radius 3 is 2.07 bits per heavy atom. The van der Waals surface area contributed by atoms with Crippen LogP contribution >= 0.6 is 0 Å². The Balaban J connectivity index is 1.31. The average molecular weight is 572 g/mol. The Hall–Kier alpha value is -5.08. The van der Waals surface area contributed by atoms with E-state index in [0.29, 0.717) is 0 Å². The van der Waals surface area contributed by atoms with Gasteiger partial charge in [0.15, 0.2) is 0 Å². The van der Waals surface area contributed by atoms with Gasteiger partial charge in [-0.25, -0.2) is 4.39 Å². The monoisotopic (exact) mass is 571 g/mol. The van der Waals surface area contributed by atoms with Crippen molar-refractivity contribution in [3.8, 4) is 22.3 Å². The summed E-state index contributed by atoms with van der Waals surface area (Å²) in [4.78, 5) is 4.88. The molecule has 6 aromatic carbocycles. The molecule has 1 heterocycles. The lowest BCUT2D eigenvalue weighted by molar-refractivity contribution is 0.622. The van der Waals surface area contributed by atoms with Gasteiger partial charge in [0.2, 0.25) is 0 Å². The third kappa shape index (κ3) is 5.07. The Morgan fingerprint density at radius 2 is 1.30 bits per heavy atom. The van der Waals surface area contributed by atoms with Crippen LogP contribution in [-0.2, 0) is 18.3 Å². The van der Waals surface area contributed by atoms with Crippen molar-refractivity contribution in [2.45, 2.75) is 32.1 Å². The summed E-state index contributed by atoms with van der Waals surface area (Å²) in [5.74, 6) is -0.230. The summed E-state index contributed by atoms with van der Waals surface area (Å²) < 4.78 is 14.1. The van der Waals surface area contributed by atoms with Gasteiger partial charge in [0.25, 0.3) is 0 Å². The molecule has 44 heavy (non-hydrogen) atoms. The molecule has 0 radical (unpaired) electrons. The number of para-hydroxylation sites is 1. The summed E-state index contributed by atoms with van der Waals surface area (Å²) in [6.07, 6.45) is 1.77. The number of halogens is 1. The van der Waals surface area contributed by atoms with Crippen LogP contribution in [0.15, 0.2) is 151 Å². The summed E-state index contributed by atoms with van der Waals surface area (Å²) in [5.41, 5.74) is 13.8. The Labute approximate surface area is 259 Å². The van der Waals surface area contributed by atoms with Crippen molar-refractivity contribution >= 4 is 11.4 Å². The standard InChI is InChI=1S/C42H34FN/c1-29-11-10-16-37(31-21-19-30(20-22-31)27-36-28-32-12-6-9-18-40(32)44-36)41(29)38-15-7-8-17-39(38)42(2,33-13-4-3-5-14-33)34-23-25-35(43)26-24-34/h3-26H,27-28H2,1-2H3.